The van der Waals surface area contributed by atoms with E-state index in [1.165, 1.54) is 0 Å². The van der Waals surface area contributed by atoms with Crippen LogP contribution in [-0.4, -0.2) is 25.2 Å². The number of carbonyl (C=O) groups is 1. The fraction of sp³-hybridized carbons (Fsp3) is 0.176. The van der Waals surface area contributed by atoms with E-state index in [0.717, 1.165) is 10.0 Å². The van der Waals surface area contributed by atoms with E-state index in [4.69, 9.17) is 21.7 Å². The molecule has 5 nitrogen and oxygen atoms in total. The lowest BCUT2D eigenvalue weighted by molar-refractivity contribution is 0.0977. The zero-order valence-electron chi connectivity index (χ0n) is 13.5. The molecule has 7 heteroatoms. The van der Waals surface area contributed by atoms with Crippen LogP contribution in [0.2, 0.25) is 0 Å². The summed E-state index contributed by atoms with van der Waals surface area (Å²) in [4.78, 5) is 12.3. The van der Waals surface area contributed by atoms with Crippen molar-refractivity contribution >= 4 is 44.9 Å². The highest BCUT2D eigenvalue weighted by Gasteiger charge is 2.11. The Bertz CT molecular complexity index is 780. The molecule has 0 aliphatic heterocycles. The summed E-state index contributed by atoms with van der Waals surface area (Å²) in [6.45, 7) is 1.95. The number of benzene rings is 2. The van der Waals surface area contributed by atoms with Crippen LogP contribution >= 0.6 is 28.1 Å². The molecule has 2 N–H and O–H groups in total. The third kappa shape index (κ3) is 4.46. The molecule has 0 aliphatic rings. The van der Waals surface area contributed by atoms with Crippen molar-refractivity contribution in [1.29, 1.82) is 0 Å². The van der Waals surface area contributed by atoms with Crippen LogP contribution in [-0.2, 0) is 0 Å². The Morgan fingerprint density at radius 3 is 2.50 bits per heavy atom. The number of halogens is 1. The van der Waals surface area contributed by atoms with Gasteiger partial charge in [0.15, 0.2) is 5.11 Å². The molecule has 24 heavy (non-hydrogen) atoms. The number of aryl methyl sites for hydroxylation is 1. The lowest BCUT2D eigenvalue weighted by Gasteiger charge is -2.14. The maximum absolute atomic E-state index is 12.3. The summed E-state index contributed by atoms with van der Waals surface area (Å²) in [6.07, 6.45) is 0. The average molecular weight is 409 g/mol. The quantitative estimate of drug-likeness (QED) is 0.751. The van der Waals surface area contributed by atoms with Crippen molar-refractivity contribution < 1.29 is 14.3 Å². The fourth-order valence-corrected chi connectivity index (χ4v) is 2.56. The van der Waals surface area contributed by atoms with Crippen molar-refractivity contribution in [3.8, 4) is 11.5 Å². The molecule has 2 rings (SSSR count). The maximum atomic E-state index is 12.3. The number of nitrogens with one attached hydrogen (secondary N) is 2. The lowest BCUT2D eigenvalue weighted by Crippen LogP contribution is -2.34. The predicted octanol–water partition coefficient (Wildman–Crippen LogP) is 3.90. The van der Waals surface area contributed by atoms with Crippen LogP contribution in [0.25, 0.3) is 0 Å². The topological polar surface area (TPSA) is 59.6 Å². The summed E-state index contributed by atoms with van der Waals surface area (Å²) in [6, 6.07) is 10.6. The predicted molar refractivity (Wildman–Crippen MR) is 102 cm³/mol. The van der Waals surface area contributed by atoms with Gasteiger partial charge >= 0.3 is 0 Å². The molecule has 2 aromatic rings. The van der Waals surface area contributed by atoms with E-state index in [1.807, 2.05) is 13.0 Å². The van der Waals surface area contributed by atoms with Gasteiger partial charge in [-0.1, -0.05) is 22.0 Å². The first-order valence-electron chi connectivity index (χ1n) is 7.05. The van der Waals surface area contributed by atoms with Crippen LogP contribution in [0.3, 0.4) is 0 Å². The average Bonchev–Trinajstić information content (AvgIpc) is 2.57. The standard InChI is InChI=1S/C17H17BrN2O3S/c1-10-4-5-11(8-13(10)18)16(21)20-17(24)19-14-9-12(22-2)6-7-15(14)23-3/h4-9H,1-3H3,(H2,19,20,21,24). The molecule has 1 amide bonds. The van der Waals surface area contributed by atoms with Crippen molar-refractivity contribution in [2.24, 2.45) is 0 Å². The maximum Gasteiger partial charge on any atom is 0.257 e. The van der Waals surface area contributed by atoms with Crippen molar-refractivity contribution in [1.82, 2.24) is 5.32 Å². The van der Waals surface area contributed by atoms with E-state index in [9.17, 15) is 4.79 Å². The highest BCUT2D eigenvalue weighted by Crippen LogP contribution is 2.28. The number of hydrogen-bond donors (Lipinski definition) is 2. The van der Waals surface area contributed by atoms with Crippen LogP contribution in [0.5, 0.6) is 11.5 Å². The zero-order chi connectivity index (χ0) is 17.7. The molecule has 0 saturated heterocycles. The van der Waals surface area contributed by atoms with Crippen LogP contribution in [0.15, 0.2) is 40.9 Å². The second-order valence-corrected chi connectivity index (χ2v) is 6.20. The van der Waals surface area contributed by atoms with E-state index in [2.05, 4.69) is 26.6 Å². The van der Waals surface area contributed by atoms with E-state index in [-0.39, 0.29) is 11.0 Å². The molecule has 0 saturated carbocycles. The van der Waals surface area contributed by atoms with Crippen LogP contribution in [0.4, 0.5) is 5.69 Å². The lowest BCUT2D eigenvalue weighted by atomic mass is 10.1. The Balaban J connectivity index is 2.10. The largest absolute Gasteiger partial charge is 0.497 e. The highest BCUT2D eigenvalue weighted by atomic mass is 79.9. The second kappa shape index (κ2) is 8.12. The summed E-state index contributed by atoms with van der Waals surface area (Å²) in [5, 5.41) is 5.76. The number of rotatable bonds is 4. The van der Waals surface area contributed by atoms with Gasteiger partial charge in [0, 0.05) is 16.1 Å². The molecule has 0 spiro atoms. The third-order valence-electron chi connectivity index (χ3n) is 3.32. The van der Waals surface area contributed by atoms with Crippen LogP contribution < -0.4 is 20.1 Å². The summed E-state index contributed by atoms with van der Waals surface area (Å²) in [5.41, 5.74) is 2.16. The third-order valence-corrected chi connectivity index (χ3v) is 4.37. The number of hydrogen-bond acceptors (Lipinski definition) is 4. The summed E-state index contributed by atoms with van der Waals surface area (Å²) in [5.74, 6) is 0.940. The van der Waals surface area contributed by atoms with Crippen LogP contribution in [0, 0.1) is 6.92 Å². The summed E-state index contributed by atoms with van der Waals surface area (Å²) >= 11 is 8.62. The van der Waals surface area contributed by atoms with Crippen molar-refractivity contribution in [2.45, 2.75) is 6.92 Å². The van der Waals surface area contributed by atoms with Crippen molar-refractivity contribution in [3.63, 3.8) is 0 Å². The van der Waals surface area contributed by atoms with Gasteiger partial charge < -0.3 is 14.8 Å². The minimum Gasteiger partial charge on any atom is -0.497 e. The molecular formula is C17H17BrN2O3S. The van der Waals surface area contributed by atoms with E-state index >= 15 is 0 Å². The van der Waals surface area contributed by atoms with Crippen LogP contribution in [0.1, 0.15) is 15.9 Å². The van der Waals surface area contributed by atoms with Gasteiger partial charge in [0.2, 0.25) is 0 Å². The summed E-state index contributed by atoms with van der Waals surface area (Å²) in [7, 11) is 3.12. The summed E-state index contributed by atoms with van der Waals surface area (Å²) < 4.78 is 11.3. The Morgan fingerprint density at radius 1 is 1.12 bits per heavy atom. The number of ether oxygens (including phenoxy) is 2. The molecule has 0 unspecified atom stereocenters. The Labute approximate surface area is 154 Å². The van der Waals surface area contributed by atoms with Gasteiger partial charge in [-0.15, -0.1) is 0 Å². The molecule has 0 fully saturated rings. The number of anilines is 1. The zero-order valence-corrected chi connectivity index (χ0v) is 15.9. The fourth-order valence-electron chi connectivity index (χ4n) is 1.97. The smallest absolute Gasteiger partial charge is 0.257 e. The first-order chi connectivity index (χ1) is 11.4. The molecule has 0 aromatic heterocycles. The molecule has 2 aromatic carbocycles. The molecule has 0 heterocycles. The number of amides is 1. The Morgan fingerprint density at radius 2 is 1.88 bits per heavy atom. The molecule has 0 bridgehead atoms. The number of carbonyl (C=O) groups excluding carboxylic acids is 1. The Kier molecular flexibility index (Phi) is 6.16. The molecule has 126 valence electrons. The van der Waals surface area contributed by atoms with Gasteiger partial charge in [-0.3, -0.25) is 10.1 Å². The van der Waals surface area contributed by atoms with Gasteiger partial charge in [0.05, 0.1) is 19.9 Å². The minimum absolute atomic E-state index is 0.170. The van der Waals surface area contributed by atoms with E-state index in [1.54, 1.807) is 44.6 Å². The SMILES string of the molecule is COc1ccc(OC)c(NC(=S)NC(=O)c2ccc(C)c(Br)c2)c1. The molecule has 0 radical (unpaired) electrons. The van der Waals surface area contributed by atoms with E-state index in [0.29, 0.717) is 22.7 Å². The van der Waals surface area contributed by atoms with E-state index < -0.39 is 0 Å². The van der Waals surface area contributed by atoms with Crippen molar-refractivity contribution in [2.75, 3.05) is 19.5 Å². The highest BCUT2D eigenvalue weighted by molar-refractivity contribution is 9.10. The second-order valence-electron chi connectivity index (χ2n) is 4.94. The van der Waals surface area contributed by atoms with Gasteiger partial charge in [0.25, 0.3) is 5.91 Å². The van der Waals surface area contributed by atoms with Gasteiger partial charge in [-0.2, -0.15) is 0 Å². The van der Waals surface area contributed by atoms with Gasteiger partial charge in [-0.05, 0) is 49.0 Å². The van der Waals surface area contributed by atoms with Gasteiger partial charge in [0.1, 0.15) is 11.5 Å². The van der Waals surface area contributed by atoms with Gasteiger partial charge in [-0.25, -0.2) is 0 Å². The number of methoxy groups -OCH3 is 2. The molecule has 0 aliphatic carbocycles. The first-order valence-corrected chi connectivity index (χ1v) is 8.25. The first kappa shape index (κ1) is 18.2. The molecule has 0 atom stereocenters. The monoisotopic (exact) mass is 408 g/mol. The minimum atomic E-state index is -0.296. The normalized spacial score (nSPS) is 10.0. The Hall–Kier alpha value is -2.12. The van der Waals surface area contributed by atoms with Crippen molar-refractivity contribution in [3.05, 3.63) is 52.0 Å². The number of thiocarbonyl (C=S) groups is 1. The molecular weight excluding hydrogens is 392 g/mol.